The lowest BCUT2D eigenvalue weighted by atomic mass is 10.2. The smallest absolute Gasteiger partial charge is 0.138 e. The van der Waals surface area contributed by atoms with Gasteiger partial charge in [0.1, 0.15) is 5.75 Å². The molecule has 0 radical (unpaired) electrons. The Morgan fingerprint density at radius 1 is 1.39 bits per heavy atom. The molecule has 0 amide bonds. The van der Waals surface area contributed by atoms with Gasteiger partial charge in [0, 0.05) is 38.3 Å². The lowest BCUT2D eigenvalue weighted by molar-refractivity contribution is 0.465. The molecule has 2 N–H and O–H groups in total. The van der Waals surface area contributed by atoms with Gasteiger partial charge in [-0.2, -0.15) is 5.10 Å². The van der Waals surface area contributed by atoms with E-state index in [9.17, 15) is 5.11 Å². The van der Waals surface area contributed by atoms with Crippen LogP contribution in [-0.4, -0.2) is 21.4 Å². The van der Waals surface area contributed by atoms with Gasteiger partial charge in [0.2, 0.25) is 0 Å². The van der Waals surface area contributed by atoms with E-state index in [4.69, 9.17) is 11.6 Å². The fourth-order valence-electron chi connectivity index (χ4n) is 1.74. The zero-order valence-electron chi connectivity index (χ0n) is 10.2. The van der Waals surface area contributed by atoms with E-state index in [0.29, 0.717) is 11.6 Å². The molecule has 5 heteroatoms. The number of aromatic nitrogens is 2. The molecule has 0 atom stereocenters. The average Bonchev–Trinajstić information content (AvgIpc) is 2.76. The molecule has 0 unspecified atom stereocenters. The summed E-state index contributed by atoms with van der Waals surface area (Å²) in [5.74, 6) is 0.157. The molecule has 0 aliphatic carbocycles. The third-order valence-corrected chi connectivity index (χ3v) is 3.02. The first-order valence-electron chi connectivity index (χ1n) is 5.82. The Morgan fingerprint density at radius 3 is 2.94 bits per heavy atom. The summed E-state index contributed by atoms with van der Waals surface area (Å²) in [5.41, 5.74) is 1.86. The number of aryl methyl sites for hydroxylation is 1. The number of phenols is 1. The van der Waals surface area contributed by atoms with Crippen LogP contribution in [0.15, 0.2) is 30.5 Å². The molecular weight excluding hydrogens is 250 g/mol. The Labute approximate surface area is 111 Å². The number of hydrogen-bond acceptors (Lipinski definition) is 3. The first-order chi connectivity index (χ1) is 8.66. The van der Waals surface area contributed by atoms with Crippen molar-refractivity contribution >= 4 is 11.6 Å². The second-order valence-electron chi connectivity index (χ2n) is 4.16. The molecule has 0 spiro atoms. The minimum Gasteiger partial charge on any atom is -0.506 e. The lowest BCUT2D eigenvalue weighted by Crippen LogP contribution is -2.17. The van der Waals surface area contributed by atoms with E-state index in [-0.39, 0.29) is 5.75 Å². The van der Waals surface area contributed by atoms with Crippen molar-refractivity contribution in [3.05, 3.63) is 46.7 Å². The number of nitrogens with one attached hydrogen (secondary N) is 1. The molecule has 1 aromatic carbocycles. The Morgan fingerprint density at radius 2 is 2.22 bits per heavy atom. The summed E-state index contributed by atoms with van der Waals surface area (Å²) in [6.45, 7) is 1.40. The van der Waals surface area contributed by atoms with Gasteiger partial charge in [-0.1, -0.05) is 23.7 Å². The van der Waals surface area contributed by atoms with Gasteiger partial charge in [0.25, 0.3) is 0 Å². The monoisotopic (exact) mass is 265 g/mol. The first-order valence-corrected chi connectivity index (χ1v) is 6.20. The number of para-hydroxylation sites is 1. The Kier molecular flexibility index (Phi) is 4.23. The molecular formula is C13H16ClN3O. The van der Waals surface area contributed by atoms with Crippen molar-refractivity contribution in [2.24, 2.45) is 7.05 Å². The van der Waals surface area contributed by atoms with Crippen LogP contribution in [0.1, 0.15) is 11.3 Å². The molecule has 0 bridgehead atoms. The van der Waals surface area contributed by atoms with Crippen LogP contribution < -0.4 is 5.32 Å². The third-order valence-electron chi connectivity index (χ3n) is 2.71. The van der Waals surface area contributed by atoms with E-state index in [1.807, 2.05) is 31.4 Å². The van der Waals surface area contributed by atoms with Gasteiger partial charge < -0.3 is 10.4 Å². The van der Waals surface area contributed by atoms with Crippen LogP contribution in [0.25, 0.3) is 0 Å². The maximum Gasteiger partial charge on any atom is 0.138 e. The van der Waals surface area contributed by atoms with E-state index in [2.05, 4.69) is 10.4 Å². The van der Waals surface area contributed by atoms with E-state index in [1.54, 1.807) is 10.7 Å². The van der Waals surface area contributed by atoms with Crippen molar-refractivity contribution in [1.82, 2.24) is 15.1 Å². The Hall–Kier alpha value is -1.52. The van der Waals surface area contributed by atoms with Crippen LogP contribution in [0.2, 0.25) is 5.02 Å². The molecule has 2 aromatic rings. The average molecular weight is 266 g/mol. The Balaban J connectivity index is 1.80. The van der Waals surface area contributed by atoms with E-state index < -0.39 is 0 Å². The maximum atomic E-state index is 9.73. The van der Waals surface area contributed by atoms with Crippen molar-refractivity contribution in [2.45, 2.75) is 13.0 Å². The van der Waals surface area contributed by atoms with Crippen LogP contribution in [-0.2, 0) is 20.0 Å². The lowest BCUT2D eigenvalue weighted by Gasteiger charge is -2.07. The summed E-state index contributed by atoms with van der Waals surface area (Å²) in [6, 6.07) is 7.36. The van der Waals surface area contributed by atoms with E-state index in [1.165, 1.54) is 0 Å². The minimum atomic E-state index is 0.157. The highest BCUT2D eigenvalue weighted by Gasteiger charge is 2.04. The second-order valence-corrected chi connectivity index (χ2v) is 4.56. The predicted octanol–water partition coefficient (Wildman–Crippen LogP) is 2.11. The van der Waals surface area contributed by atoms with Crippen LogP contribution in [0.4, 0.5) is 0 Å². The van der Waals surface area contributed by atoms with Crippen molar-refractivity contribution in [2.75, 3.05) is 6.54 Å². The topological polar surface area (TPSA) is 50.1 Å². The van der Waals surface area contributed by atoms with Gasteiger partial charge in [-0.15, -0.1) is 0 Å². The molecule has 96 valence electrons. The maximum absolute atomic E-state index is 9.73. The summed E-state index contributed by atoms with van der Waals surface area (Å²) in [7, 11) is 1.90. The summed E-state index contributed by atoms with van der Waals surface area (Å²) < 4.78 is 1.79. The molecule has 18 heavy (non-hydrogen) atoms. The van der Waals surface area contributed by atoms with Crippen LogP contribution in [0.5, 0.6) is 5.75 Å². The largest absolute Gasteiger partial charge is 0.506 e. The highest BCUT2D eigenvalue weighted by molar-refractivity contribution is 6.32. The molecule has 2 rings (SSSR count). The predicted molar refractivity (Wildman–Crippen MR) is 71.7 cm³/mol. The molecule has 1 heterocycles. The van der Waals surface area contributed by atoms with Gasteiger partial charge in [-0.25, -0.2) is 0 Å². The van der Waals surface area contributed by atoms with Crippen molar-refractivity contribution in [1.29, 1.82) is 0 Å². The highest BCUT2D eigenvalue weighted by Crippen LogP contribution is 2.26. The number of phenolic OH excluding ortho intramolecular Hbond substituents is 1. The molecule has 0 fully saturated rings. The summed E-state index contributed by atoms with van der Waals surface area (Å²) >= 11 is 5.83. The first kappa shape index (κ1) is 12.9. The molecule has 0 aliphatic heterocycles. The van der Waals surface area contributed by atoms with Crippen LogP contribution in [0.3, 0.4) is 0 Å². The SMILES string of the molecule is Cn1ccc(CCNCc2cccc(Cl)c2O)n1. The zero-order chi connectivity index (χ0) is 13.0. The summed E-state index contributed by atoms with van der Waals surface area (Å²) in [4.78, 5) is 0. The minimum absolute atomic E-state index is 0.157. The van der Waals surface area contributed by atoms with Crippen LogP contribution in [0, 0.1) is 0 Å². The molecule has 1 aromatic heterocycles. The number of nitrogens with zero attached hydrogens (tertiary/aromatic N) is 2. The number of hydrogen-bond donors (Lipinski definition) is 2. The number of benzene rings is 1. The molecule has 0 saturated carbocycles. The molecule has 0 aliphatic rings. The normalized spacial score (nSPS) is 10.8. The molecule has 0 saturated heterocycles. The van der Waals surface area contributed by atoms with Gasteiger partial charge in [0.15, 0.2) is 0 Å². The number of rotatable bonds is 5. The van der Waals surface area contributed by atoms with Gasteiger partial charge >= 0.3 is 0 Å². The number of halogens is 1. The third kappa shape index (κ3) is 3.24. The summed E-state index contributed by atoms with van der Waals surface area (Å²) in [5, 5.41) is 17.7. The summed E-state index contributed by atoms with van der Waals surface area (Å²) in [6.07, 6.45) is 2.79. The highest BCUT2D eigenvalue weighted by atomic mass is 35.5. The Bertz CT molecular complexity index is 525. The number of aromatic hydroxyl groups is 1. The van der Waals surface area contributed by atoms with Crippen molar-refractivity contribution in [3.8, 4) is 5.75 Å². The fourth-order valence-corrected chi connectivity index (χ4v) is 1.93. The van der Waals surface area contributed by atoms with Crippen LogP contribution >= 0.6 is 11.6 Å². The van der Waals surface area contributed by atoms with E-state index >= 15 is 0 Å². The van der Waals surface area contributed by atoms with Gasteiger partial charge in [-0.3, -0.25) is 4.68 Å². The molecule has 4 nitrogen and oxygen atoms in total. The van der Waals surface area contributed by atoms with Gasteiger partial charge in [-0.05, 0) is 12.1 Å². The fraction of sp³-hybridized carbons (Fsp3) is 0.308. The zero-order valence-corrected chi connectivity index (χ0v) is 11.0. The van der Waals surface area contributed by atoms with E-state index in [0.717, 1.165) is 24.2 Å². The van der Waals surface area contributed by atoms with Crippen molar-refractivity contribution in [3.63, 3.8) is 0 Å². The van der Waals surface area contributed by atoms with Gasteiger partial charge in [0.05, 0.1) is 10.7 Å². The quantitative estimate of drug-likeness (QED) is 0.814. The second kappa shape index (κ2) is 5.89. The standard InChI is InChI=1S/C13H16ClN3O/c1-17-8-6-11(16-17)5-7-15-9-10-3-2-4-12(14)13(10)18/h2-4,6,8,15,18H,5,7,9H2,1H3. The van der Waals surface area contributed by atoms with Crippen molar-refractivity contribution < 1.29 is 5.11 Å².